The van der Waals surface area contributed by atoms with Gasteiger partial charge in [0.15, 0.2) is 0 Å². The maximum Gasteiger partial charge on any atom is 0.232 e. The smallest absolute Gasteiger partial charge is 0.232 e. The summed E-state index contributed by atoms with van der Waals surface area (Å²) in [6.07, 6.45) is 0.723. The van der Waals surface area contributed by atoms with E-state index in [1.54, 1.807) is 16.2 Å². The standard InChI is InChI=1S/C16H16N2OS/c1-13-5-2-6-14(11-13)18(9-4-8-17)16(19)12-15-7-3-10-20-15/h2-3,5-7,10-11H,4,9,12H2,1H3. The molecule has 0 radical (unpaired) electrons. The summed E-state index contributed by atoms with van der Waals surface area (Å²) in [6.45, 7) is 2.43. The Morgan fingerprint density at radius 2 is 2.20 bits per heavy atom. The van der Waals surface area contributed by atoms with Crippen LogP contribution in [0.3, 0.4) is 0 Å². The number of nitrogens with zero attached hydrogens (tertiary/aromatic N) is 2. The van der Waals surface area contributed by atoms with Gasteiger partial charge in [-0.25, -0.2) is 0 Å². The third kappa shape index (κ3) is 3.69. The molecule has 4 heteroatoms. The Morgan fingerprint density at radius 3 is 2.85 bits per heavy atom. The Bertz CT molecular complexity index is 614. The molecule has 3 nitrogen and oxygen atoms in total. The maximum atomic E-state index is 12.5. The number of hydrogen-bond acceptors (Lipinski definition) is 3. The van der Waals surface area contributed by atoms with E-state index in [1.807, 2.05) is 48.7 Å². The average Bonchev–Trinajstić information content (AvgIpc) is 2.92. The summed E-state index contributed by atoms with van der Waals surface area (Å²) in [5, 5.41) is 10.7. The highest BCUT2D eigenvalue weighted by atomic mass is 32.1. The quantitative estimate of drug-likeness (QED) is 0.842. The van der Waals surface area contributed by atoms with Crippen LogP contribution in [0, 0.1) is 18.3 Å². The zero-order chi connectivity index (χ0) is 14.4. The summed E-state index contributed by atoms with van der Waals surface area (Å²) in [5.74, 6) is 0.0355. The molecule has 0 aliphatic carbocycles. The minimum Gasteiger partial charge on any atom is -0.311 e. The molecule has 0 aliphatic rings. The third-order valence-electron chi connectivity index (χ3n) is 2.97. The Kier molecular flexibility index (Phi) is 4.91. The summed E-state index contributed by atoms with van der Waals surface area (Å²) in [5.41, 5.74) is 1.97. The summed E-state index contributed by atoms with van der Waals surface area (Å²) in [4.78, 5) is 15.2. The predicted octanol–water partition coefficient (Wildman–Crippen LogP) is 3.55. The molecule has 1 aromatic heterocycles. The minimum atomic E-state index is 0.0355. The van der Waals surface area contributed by atoms with Crippen LogP contribution in [-0.4, -0.2) is 12.5 Å². The Morgan fingerprint density at radius 1 is 1.35 bits per heavy atom. The van der Waals surface area contributed by atoms with Gasteiger partial charge in [-0.3, -0.25) is 4.79 Å². The molecule has 20 heavy (non-hydrogen) atoms. The number of carbonyl (C=O) groups excluding carboxylic acids is 1. The van der Waals surface area contributed by atoms with Crippen molar-refractivity contribution in [3.8, 4) is 6.07 Å². The van der Waals surface area contributed by atoms with Gasteiger partial charge in [0.05, 0.1) is 18.9 Å². The number of anilines is 1. The van der Waals surface area contributed by atoms with E-state index in [-0.39, 0.29) is 5.91 Å². The van der Waals surface area contributed by atoms with Crippen molar-refractivity contribution in [2.24, 2.45) is 0 Å². The number of hydrogen-bond donors (Lipinski definition) is 0. The summed E-state index contributed by atoms with van der Waals surface area (Å²) >= 11 is 1.58. The van der Waals surface area contributed by atoms with Gasteiger partial charge in [-0.15, -0.1) is 11.3 Å². The lowest BCUT2D eigenvalue weighted by Crippen LogP contribution is -2.33. The van der Waals surface area contributed by atoms with Gasteiger partial charge in [0, 0.05) is 17.1 Å². The van der Waals surface area contributed by atoms with Crippen LogP contribution in [0.25, 0.3) is 0 Å². The van der Waals surface area contributed by atoms with Crippen molar-refractivity contribution in [1.82, 2.24) is 0 Å². The maximum absolute atomic E-state index is 12.5. The van der Waals surface area contributed by atoms with Crippen LogP contribution in [0.15, 0.2) is 41.8 Å². The van der Waals surface area contributed by atoms with Crippen LogP contribution in [0.5, 0.6) is 0 Å². The van der Waals surface area contributed by atoms with Gasteiger partial charge < -0.3 is 4.90 Å². The van der Waals surface area contributed by atoms with Crippen molar-refractivity contribution >= 4 is 22.9 Å². The Balaban J connectivity index is 2.18. The zero-order valence-corrected chi connectivity index (χ0v) is 12.2. The van der Waals surface area contributed by atoms with E-state index >= 15 is 0 Å². The number of amides is 1. The molecule has 0 saturated heterocycles. The lowest BCUT2D eigenvalue weighted by Gasteiger charge is -2.22. The Hall–Kier alpha value is -2.12. The molecule has 0 spiro atoms. The van der Waals surface area contributed by atoms with E-state index in [4.69, 9.17) is 5.26 Å². The number of aryl methyl sites for hydroxylation is 1. The molecular weight excluding hydrogens is 268 g/mol. The topological polar surface area (TPSA) is 44.1 Å². The van der Waals surface area contributed by atoms with Crippen LogP contribution in [-0.2, 0) is 11.2 Å². The van der Waals surface area contributed by atoms with Crippen molar-refractivity contribution in [2.45, 2.75) is 19.8 Å². The summed E-state index contributed by atoms with van der Waals surface area (Å²) < 4.78 is 0. The highest BCUT2D eigenvalue weighted by Gasteiger charge is 2.16. The first-order valence-electron chi connectivity index (χ1n) is 6.47. The molecule has 1 aromatic carbocycles. The van der Waals surface area contributed by atoms with Crippen molar-refractivity contribution in [3.63, 3.8) is 0 Å². The van der Waals surface area contributed by atoms with Crippen molar-refractivity contribution in [2.75, 3.05) is 11.4 Å². The van der Waals surface area contributed by atoms with Gasteiger partial charge in [-0.05, 0) is 36.1 Å². The van der Waals surface area contributed by atoms with Crippen LogP contribution in [0.4, 0.5) is 5.69 Å². The van der Waals surface area contributed by atoms with Gasteiger partial charge in [0.2, 0.25) is 5.91 Å². The largest absolute Gasteiger partial charge is 0.311 e. The van der Waals surface area contributed by atoms with Crippen molar-refractivity contribution < 1.29 is 4.79 Å². The van der Waals surface area contributed by atoms with Gasteiger partial charge >= 0.3 is 0 Å². The zero-order valence-electron chi connectivity index (χ0n) is 11.4. The van der Waals surface area contributed by atoms with Gasteiger partial charge in [-0.2, -0.15) is 5.26 Å². The van der Waals surface area contributed by atoms with Crippen LogP contribution in [0.1, 0.15) is 16.9 Å². The first-order chi connectivity index (χ1) is 9.70. The number of nitriles is 1. The molecule has 2 rings (SSSR count). The van der Waals surface area contributed by atoms with Gasteiger partial charge in [-0.1, -0.05) is 18.2 Å². The van der Waals surface area contributed by atoms with E-state index < -0.39 is 0 Å². The molecule has 102 valence electrons. The highest BCUT2D eigenvalue weighted by Crippen LogP contribution is 2.19. The fourth-order valence-corrected chi connectivity index (χ4v) is 2.71. The van der Waals surface area contributed by atoms with E-state index in [9.17, 15) is 4.79 Å². The normalized spacial score (nSPS) is 10.0. The summed E-state index contributed by atoms with van der Waals surface area (Å²) in [7, 11) is 0. The molecule has 0 saturated carbocycles. The molecule has 0 aliphatic heterocycles. The number of rotatable bonds is 5. The molecule has 0 N–H and O–H groups in total. The lowest BCUT2D eigenvalue weighted by atomic mass is 10.2. The molecule has 0 unspecified atom stereocenters. The molecule has 0 atom stereocenters. The fraction of sp³-hybridized carbons (Fsp3) is 0.250. The first-order valence-corrected chi connectivity index (χ1v) is 7.35. The van der Waals surface area contributed by atoms with Crippen molar-refractivity contribution in [3.05, 3.63) is 52.2 Å². The second-order valence-electron chi connectivity index (χ2n) is 4.55. The van der Waals surface area contributed by atoms with E-state index in [0.717, 1.165) is 16.1 Å². The van der Waals surface area contributed by atoms with Crippen LogP contribution in [0.2, 0.25) is 0 Å². The molecule has 0 bridgehead atoms. The molecule has 2 aromatic rings. The van der Waals surface area contributed by atoms with Gasteiger partial charge in [0.25, 0.3) is 0 Å². The van der Waals surface area contributed by atoms with E-state index in [1.165, 1.54) is 0 Å². The monoisotopic (exact) mass is 284 g/mol. The fourth-order valence-electron chi connectivity index (χ4n) is 2.01. The average molecular weight is 284 g/mol. The minimum absolute atomic E-state index is 0.0355. The highest BCUT2D eigenvalue weighted by molar-refractivity contribution is 7.10. The van der Waals surface area contributed by atoms with Crippen LogP contribution < -0.4 is 4.90 Å². The molecule has 0 fully saturated rings. The van der Waals surface area contributed by atoms with Crippen LogP contribution >= 0.6 is 11.3 Å². The number of thiophene rings is 1. The van der Waals surface area contributed by atoms with Gasteiger partial charge in [0.1, 0.15) is 0 Å². The SMILES string of the molecule is Cc1cccc(N(CCC#N)C(=O)Cc2cccs2)c1. The molecular formula is C16H16N2OS. The Labute approximate surface area is 123 Å². The second-order valence-corrected chi connectivity index (χ2v) is 5.58. The second kappa shape index (κ2) is 6.88. The molecule has 1 heterocycles. The molecule has 1 amide bonds. The predicted molar refractivity (Wildman–Crippen MR) is 81.8 cm³/mol. The number of benzene rings is 1. The van der Waals surface area contributed by atoms with E-state index in [0.29, 0.717) is 19.4 Å². The van der Waals surface area contributed by atoms with Crippen molar-refractivity contribution in [1.29, 1.82) is 5.26 Å². The number of carbonyl (C=O) groups is 1. The third-order valence-corrected chi connectivity index (χ3v) is 3.84. The van der Waals surface area contributed by atoms with E-state index in [2.05, 4.69) is 6.07 Å². The summed E-state index contributed by atoms with van der Waals surface area (Å²) in [6, 6.07) is 13.8. The lowest BCUT2D eigenvalue weighted by molar-refractivity contribution is -0.117. The first kappa shape index (κ1) is 14.3.